The topological polar surface area (TPSA) is 70.2 Å². The predicted molar refractivity (Wildman–Crippen MR) is 71.6 cm³/mol. The van der Waals surface area contributed by atoms with Crippen LogP contribution in [-0.4, -0.2) is 32.0 Å². The van der Waals surface area contributed by atoms with Crippen LogP contribution in [-0.2, 0) is 4.79 Å². The highest BCUT2D eigenvalue weighted by Gasteiger charge is 2.11. The van der Waals surface area contributed by atoms with E-state index in [-0.39, 0.29) is 11.8 Å². The maximum Gasteiger partial charge on any atom is 0.253 e. The third kappa shape index (κ3) is 4.18. The van der Waals surface area contributed by atoms with Crippen LogP contribution >= 0.6 is 0 Å². The molecule has 0 fully saturated rings. The molecule has 0 bridgehead atoms. The van der Waals surface area contributed by atoms with E-state index in [0.29, 0.717) is 30.8 Å². The molecule has 0 spiro atoms. The zero-order valence-corrected chi connectivity index (χ0v) is 10.7. The molecule has 0 unspecified atom stereocenters. The van der Waals surface area contributed by atoms with Gasteiger partial charge < -0.3 is 16.0 Å². The summed E-state index contributed by atoms with van der Waals surface area (Å²) in [6.45, 7) is 3.02. The summed E-state index contributed by atoms with van der Waals surface area (Å²) < 4.78 is 0. The SMILES string of the molecule is CCNC(=O)c1ccccc1NC(=O)CCNC. The van der Waals surface area contributed by atoms with Gasteiger partial charge in [-0.15, -0.1) is 0 Å². The highest BCUT2D eigenvalue weighted by Crippen LogP contribution is 2.15. The molecule has 0 aromatic heterocycles. The van der Waals surface area contributed by atoms with Gasteiger partial charge in [-0.25, -0.2) is 0 Å². The van der Waals surface area contributed by atoms with E-state index >= 15 is 0 Å². The Labute approximate surface area is 107 Å². The van der Waals surface area contributed by atoms with Crippen LogP contribution in [0.5, 0.6) is 0 Å². The lowest BCUT2D eigenvalue weighted by atomic mass is 10.1. The first-order valence-electron chi connectivity index (χ1n) is 6.00. The second-order valence-electron chi connectivity index (χ2n) is 3.81. The van der Waals surface area contributed by atoms with Crippen LogP contribution in [0.4, 0.5) is 5.69 Å². The van der Waals surface area contributed by atoms with Crippen molar-refractivity contribution in [2.75, 3.05) is 25.5 Å². The van der Waals surface area contributed by atoms with Crippen molar-refractivity contribution in [3.8, 4) is 0 Å². The molecule has 5 heteroatoms. The average molecular weight is 249 g/mol. The molecule has 0 aliphatic carbocycles. The van der Waals surface area contributed by atoms with Gasteiger partial charge in [-0.2, -0.15) is 0 Å². The minimum Gasteiger partial charge on any atom is -0.352 e. The van der Waals surface area contributed by atoms with Crippen molar-refractivity contribution < 1.29 is 9.59 Å². The van der Waals surface area contributed by atoms with E-state index in [1.54, 1.807) is 31.3 Å². The normalized spacial score (nSPS) is 9.89. The Bertz CT molecular complexity index is 418. The number of nitrogens with one attached hydrogen (secondary N) is 3. The number of carbonyl (C=O) groups excluding carboxylic acids is 2. The smallest absolute Gasteiger partial charge is 0.253 e. The summed E-state index contributed by atoms with van der Waals surface area (Å²) in [5.41, 5.74) is 1.03. The van der Waals surface area contributed by atoms with Crippen LogP contribution in [0.1, 0.15) is 23.7 Å². The Morgan fingerprint density at radius 3 is 2.61 bits per heavy atom. The molecule has 0 radical (unpaired) electrons. The quantitative estimate of drug-likeness (QED) is 0.704. The predicted octanol–water partition coefficient (Wildman–Crippen LogP) is 0.984. The van der Waals surface area contributed by atoms with Crippen molar-refractivity contribution in [2.45, 2.75) is 13.3 Å². The Balaban J connectivity index is 2.76. The third-order valence-corrected chi connectivity index (χ3v) is 2.39. The Morgan fingerprint density at radius 2 is 1.94 bits per heavy atom. The van der Waals surface area contributed by atoms with E-state index in [4.69, 9.17) is 0 Å². The highest BCUT2D eigenvalue weighted by molar-refractivity contribution is 6.03. The van der Waals surface area contributed by atoms with Gasteiger partial charge in [-0.05, 0) is 26.1 Å². The van der Waals surface area contributed by atoms with Crippen LogP contribution in [0.15, 0.2) is 24.3 Å². The standard InChI is InChI=1S/C13H19N3O2/c1-3-15-13(18)10-6-4-5-7-11(10)16-12(17)8-9-14-2/h4-7,14H,3,8-9H2,1-2H3,(H,15,18)(H,16,17). The summed E-state index contributed by atoms with van der Waals surface area (Å²) in [5, 5.41) is 8.36. The number of hydrogen-bond acceptors (Lipinski definition) is 3. The number of amides is 2. The first-order chi connectivity index (χ1) is 8.69. The largest absolute Gasteiger partial charge is 0.352 e. The number of carbonyl (C=O) groups is 2. The second-order valence-corrected chi connectivity index (χ2v) is 3.81. The van der Waals surface area contributed by atoms with E-state index in [1.807, 2.05) is 6.92 Å². The molecular formula is C13H19N3O2. The van der Waals surface area contributed by atoms with Crippen LogP contribution in [0, 0.1) is 0 Å². The van der Waals surface area contributed by atoms with Gasteiger partial charge in [0.2, 0.25) is 5.91 Å². The van der Waals surface area contributed by atoms with E-state index < -0.39 is 0 Å². The van der Waals surface area contributed by atoms with Crippen molar-refractivity contribution in [3.05, 3.63) is 29.8 Å². The molecule has 2 amide bonds. The summed E-state index contributed by atoms with van der Waals surface area (Å²) >= 11 is 0. The molecule has 0 aliphatic heterocycles. The van der Waals surface area contributed by atoms with Crippen molar-refractivity contribution in [2.24, 2.45) is 0 Å². The van der Waals surface area contributed by atoms with Gasteiger partial charge in [0.15, 0.2) is 0 Å². The molecule has 0 atom stereocenters. The van der Waals surface area contributed by atoms with E-state index in [0.717, 1.165) is 0 Å². The third-order valence-electron chi connectivity index (χ3n) is 2.39. The Kier molecular flexibility index (Phi) is 5.87. The molecule has 1 rings (SSSR count). The van der Waals surface area contributed by atoms with Gasteiger partial charge >= 0.3 is 0 Å². The van der Waals surface area contributed by atoms with Crippen molar-refractivity contribution in [1.82, 2.24) is 10.6 Å². The maximum absolute atomic E-state index is 11.8. The van der Waals surface area contributed by atoms with E-state index in [2.05, 4.69) is 16.0 Å². The molecule has 1 aromatic carbocycles. The molecule has 0 saturated carbocycles. The Hall–Kier alpha value is -1.88. The minimum absolute atomic E-state index is 0.110. The first-order valence-corrected chi connectivity index (χ1v) is 6.00. The van der Waals surface area contributed by atoms with E-state index in [1.165, 1.54) is 0 Å². The maximum atomic E-state index is 11.8. The lowest BCUT2D eigenvalue weighted by Crippen LogP contribution is -2.25. The summed E-state index contributed by atoms with van der Waals surface area (Å²) in [6, 6.07) is 6.98. The molecule has 98 valence electrons. The first kappa shape index (κ1) is 14.2. The summed E-state index contributed by atoms with van der Waals surface area (Å²) in [6.07, 6.45) is 0.375. The van der Waals surface area contributed by atoms with Crippen LogP contribution in [0.2, 0.25) is 0 Å². The van der Waals surface area contributed by atoms with Gasteiger partial charge in [-0.3, -0.25) is 9.59 Å². The minimum atomic E-state index is -0.179. The number of benzene rings is 1. The van der Waals surface area contributed by atoms with Crippen molar-refractivity contribution in [1.29, 1.82) is 0 Å². The number of hydrogen-bond donors (Lipinski definition) is 3. The number of para-hydroxylation sites is 1. The summed E-state index contributed by atoms with van der Waals surface area (Å²) in [5.74, 6) is -0.289. The number of rotatable bonds is 6. The molecular weight excluding hydrogens is 230 g/mol. The van der Waals surface area contributed by atoms with E-state index in [9.17, 15) is 9.59 Å². The average Bonchev–Trinajstić information content (AvgIpc) is 2.37. The molecule has 0 saturated heterocycles. The van der Waals surface area contributed by atoms with Gasteiger partial charge in [0.05, 0.1) is 11.3 Å². The zero-order valence-electron chi connectivity index (χ0n) is 10.7. The fraction of sp³-hybridized carbons (Fsp3) is 0.385. The molecule has 5 nitrogen and oxygen atoms in total. The van der Waals surface area contributed by atoms with Gasteiger partial charge in [0.25, 0.3) is 5.91 Å². The summed E-state index contributed by atoms with van der Waals surface area (Å²) in [4.78, 5) is 23.4. The zero-order chi connectivity index (χ0) is 13.4. The summed E-state index contributed by atoms with van der Waals surface area (Å²) in [7, 11) is 1.79. The fourth-order valence-electron chi connectivity index (χ4n) is 1.50. The van der Waals surface area contributed by atoms with Crippen LogP contribution in [0.3, 0.4) is 0 Å². The van der Waals surface area contributed by atoms with Crippen LogP contribution in [0.25, 0.3) is 0 Å². The molecule has 0 aliphatic rings. The lowest BCUT2D eigenvalue weighted by molar-refractivity contribution is -0.116. The van der Waals surface area contributed by atoms with Crippen LogP contribution < -0.4 is 16.0 Å². The van der Waals surface area contributed by atoms with Crippen molar-refractivity contribution in [3.63, 3.8) is 0 Å². The second kappa shape index (κ2) is 7.45. The van der Waals surface area contributed by atoms with Gasteiger partial charge in [0, 0.05) is 19.5 Å². The van der Waals surface area contributed by atoms with Gasteiger partial charge in [-0.1, -0.05) is 12.1 Å². The monoisotopic (exact) mass is 249 g/mol. The lowest BCUT2D eigenvalue weighted by Gasteiger charge is -2.10. The Morgan fingerprint density at radius 1 is 1.22 bits per heavy atom. The van der Waals surface area contributed by atoms with Gasteiger partial charge in [0.1, 0.15) is 0 Å². The fourth-order valence-corrected chi connectivity index (χ4v) is 1.50. The number of anilines is 1. The molecule has 0 heterocycles. The molecule has 3 N–H and O–H groups in total. The molecule has 18 heavy (non-hydrogen) atoms. The molecule has 1 aromatic rings. The highest BCUT2D eigenvalue weighted by atomic mass is 16.2. The van der Waals surface area contributed by atoms with Crippen molar-refractivity contribution >= 4 is 17.5 Å².